The van der Waals surface area contributed by atoms with E-state index in [1.54, 1.807) is 0 Å². The van der Waals surface area contributed by atoms with E-state index in [0.717, 1.165) is 0 Å². The van der Waals surface area contributed by atoms with E-state index in [1.165, 1.54) is 35.4 Å². The Balaban J connectivity index is 1.47. The van der Waals surface area contributed by atoms with Crippen LogP contribution in [0.3, 0.4) is 0 Å². The van der Waals surface area contributed by atoms with Crippen LogP contribution in [0, 0.1) is 0 Å². The smallest absolute Gasteiger partial charge is 0.249 e. The third-order valence-corrected chi connectivity index (χ3v) is 6.61. The molecular weight excluding hydrogens is 460 g/mol. The van der Waals surface area contributed by atoms with E-state index in [2.05, 4.69) is 15.0 Å². The average Bonchev–Trinajstić information content (AvgIpc) is 3.32. The number of anilines is 1. The van der Waals surface area contributed by atoms with Gasteiger partial charge < -0.3 is 30.2 Å². The number of aromatic nitrogens is 4. The van der Waals surface area contributed by atoms with Crippen LogP contribution in [0.4, 0.5) is 5.82 Å². The molecule has 1 fully saturated rings. The van der Waals surface area contributed by atoms with Gasteiger partial charge in [0, 0.05) is 0 Å². The number of ether oxygens (including phenoxy) is 1. The number of hydrogen-bond donors (Lipinski definition) is 5. The van der Waals surface area contributed by atoms with Crippen LogP contribution in [-0.4, -0.2) is 61.7 Å². The fraction of sp³-hybridized carbons (Fsp3) is 0.222. The van der Waals surface area contributed by atoms with Gasteiger partial charge in [-0.05, 0) is 12.1 Å². The monoisotopic (exact) mass is 476 g/mol. The molecule has 1 saturated heterocycles. The molecule has 6 N–H and O–H groups in total. The molecule has 5 rings (SSSR count). The molecule has 1 unspecified atom stereocenters. The maximum Gasteiger partial charge on any atom is 0.249 e. The highest BCUT2D eigenvalue weighted by Gasteiger charge is 2.46. The number of imidazole rings is 1. The van der Waals surface area contributed by atoms with Crippen LogP contribution >= 0.6 is 0 Å². The van der Waals surface area contributed by atoms with Gasteiger partial charge >= 0.3 is 0 Å². The van der Waals surface area contributed by atoms with Crippen molar-refractivity contribution in [3.63, 3.8) is 0 Å². The second-order valence-electron chi connectivity index (χ2n) is 7.22. The highest BCUT2D eigenvalue weighted by atomic mass is 32.2. The van der Waals surface area contributed by atoms with E-state index in [-0.39, 0.29) is 33.7 Å². The Labute approximate surface area is 183 Å². The van der Waals surface area contributed by atoms with Gasteiger partial charge in [-0.3, -0.25) is 9.36 Å². The molecule has 4 aromatic rings. The van der Waals surface area contributed by atoms with Gasteiger partial charge in [0.1, 0.15) is 30.3 Å². The van der Waals surface area contributed by atoms with Gasteiger partial charge in [0.15, 0.2) is 40.1 Å². The van der Waals surface area contributed by atoms with Crippen molar-refractivity contribution in [1.82, 2.24) is 24.2 Å². The minimum atomic E-state index is -4.58. The predicted octanol–water partition coefficient (Wildman–Crippen LogP) is -1.22. The van der Waals surface area contributed by atoms with Gasteiger partial charge in [-0.2, -0.15) is 4.72 Å². The van der Waals surface area contributed by atoms with Crippen LogP contribution in [0.2, 0.25) is 0 Å². The van der Waals surface area contributed by atoms with Crippen LogP contribution in [0.25, 0.3) is 22.1 Å². The summed E-state index contributed by atoms with van der Waals surface area (Å²) in [5.74, 6) is -0.253. The molecular formula is C18H16N6O8S. The first-order valence-electron chi connectivity index (χ1n) is 9.39. The van der Waals surface area contributed by atoms with Crippen molar-refractivity contribution in [2.24, 2.45) is 0 Å². The molecule has 0 radical (unpaired) electrons. The summed E-state index contributed by atoms with van der Waals surface area (Å²) < 4.78 is 39.7. The van der Waals surface area contributed by atoms with E-state index in [4.69, 9.17) is 14.9 Å². The van der Waals surface area contributed by atoms with Gasteiger partial charge in [-0.1, -0.05) is 6.07 Å². The molecule has 0 bridgehead atoms. The Morgan fingerprint density at radius 3 is 2.73 bits per heavy atom. The number of aromatic hydroxyl groups is 1. The first kappa shape index (κ1) is 21.2. The number of aliphatic hydroxyl groups is 2. The van der Waals surface area contributed by atoms with Gasteiger partial charge in [0.25, 0.3) is 0 Å². The number of phenols is 1. The summed E-state index contributed by atoms with van der Waals surface area (Å²) in [6.45, 7) is 0. The number of fused-ring (bicyclic) bond motifs is 2. The molecule has 33 heavy (non-hydrogen) atoms. The molecule has 0 aliphatic carbocycles. The summed E-state index contributed by atoms with van der Waals surface area (Å²) in [5.41, 5.74) is 5.05. The van der Waals surface area contributed by atoms with Crippen LogP contribution in [0.1, 0.15) is 6.23 Å². The molecule has 0 spiro atoms. The minimum Gasteiger partial charge on any atom is -0.504 e. The lowest BCUT2D eigenvalue weighted by atomic mass is 10.2. The van der Waals surface area contributed by atoms with Crippen LogP contribution in [-0.2, 0) is 14.8 Å². The van der Waals surface area contributed by atoms with E-state index in [1.807, 2.05) is 4.72 Å². The number of nitrogens with zero attached hydrogens (tertiary/aromatic N) is 4. The lowest BCUT2D eigenvalue weighted by Gasteiger charge is -2.16. The number of aliphatic hydroxyl groups excluding tert-OH is 2. The summed E-state index contributed by atoms with van der Waals surface area (Å²) in [6.07, 6.45) is -3.12. The molecule has 14 nitrogen and oxygen atoms in total. The van der Waals surface area contributed by atoms with Crippen LogP contribution < -0.4 is 15.9 Å². The van der Waals surface area contributed by atoms with Crippen molar-refractivity contribution in [1.29, 1.82) is 0 Å². The molecule has 1 aliphatic rings. The summed E-state index contributed by atoms with van der Waals surface area (Å²) in [7, 11) is -4.58. The quantitative estimate of drug-likeness (QED) is 0.234. The van der Waals surface area contributed by atoms with Gasteiger partial charge in [-0.15, -0.1) is 0 Å². The predicted molar refractivity (Wildman–Crippen MR) is 110 cm³/mol. The van der Waals surface area contributed by atoms with E-state index < -0.39 is 45.0 Å². The average molecular weight is 476 g/mol. The zero-order chi connectivity index (χ0) is 23.5. The van der Waals surface area contributed by atoms with E-state index >= 15 is 0 Å². The molecule has 0 amide bonds. The number of nitrogen functional groups attached to an aromatic ring is 1. The highest BCUT2D eigenvalue weighted by molar-refractivity contribution is 7.89. The maximum atomic E-state index is 12.9. The zero-order valence-electron chi connectivity index (χ0n) is 16.4. The number of hydrogen-bond acceptors (Lipinski definition) is 12. The topological polar surface area (TPSA) is 216 Å². The van der Waals surface area contributed by atoms with Crippen molar-refractivity contribution in [3.05, 3.63) is 47.3 Å². The standard InChI is InChI=1S/C18H16N6O8S/c19-15-10-16(21-5-20-15)24(6-22-10)18-13(28)12(27)17(32-18)23-33(29,30)9-4-31-14-7(11(9)26)2-1-3-8(14)25/h1-6,12-13,17-18,23,25,27-28H,(H2,19,20,21)/t12-,13+,17?,18-/m1/s1. The van der Waals surface area contributed by atoms with Crippen LogP contribution in [0.15, 0.2) is 51.2 Å². The fourth-order valence-electron chi connectivity index (χ4n) is 3.57. The largest absolute Gasteiger partial charge is 0.504 e. The summed E-state index contributed by atoms with van der Waals surface area (Å²) in [5, 5.41) is 30.5. The SMILES string of the molecule is Nc1ncnc2c1ncn2[C@@H]1OC(NS(=O)(=O)c2coc3c(O)cccc3c2=O)[C@H](O)[C@@H]1O. The molecule has 4 atom stereocenters. The summed E-state index contributed by atoms with van der Waals surface area (Å²) in [6, 6.07) is 3.92. The third kappa shape index (κ3) is 3.30. The number of phenolic OH excluding ortho intramolecular Hbond substituents is 1. The molecule has 0 saturated carbocycles. The molecule has 4 heterocycles. The van der Waals surface area contributed by atoms with E-state index in [0.29, 0.717) is 6.26 Å². The Morgan fingerprint density at radius 2 is 1.94 bits per heavy atom. The molecule has 1 aliphatic heterocycles. The lowest BCUT2D eigenvalue weighted by Crippen LogP contribution is -2.44. The van der Waals surface area contributed by atoms with Crippen LogP contribution in [0.5, 0.6) is 5.75 Å². The zero-order valence-corrected chi connectivity index (χ0v) is 17.2. The normalized spacial score (nSPS) is 23.5. The molecule has 15 heteroatoms. The third-order valence-electron chi connectivity index (χ3n) is 5.21. The molecule has 1 aromatic carbocycles. The Morgan fingerprint density at radius 1 is 1.15 bits per heavy atom. The molecule has 3 aromatic heterocycles. The van der Waals surface area contributed by atoms with Gasteiger partial charge in [0.05, 0.1) is 11.7 Å². The number of benzene rings is 1. The van der Waals surface area contributed by atoms with Crippen molar-refractivity contribution >= 4 is 38.0 Å². The van der Waals surface area contributed by atoms with Crippen molar-refractivity contribution in [3.8, 4) is 5.75 Å². The summed E-state index contributed by atoms with van der Waals surface area (Å²) in [4.78, 5) is 23.8. The number of rotatable bonds is 4. The van der Waals surface area contributed by atoms with Crippen molar-refractivity contribution in [2.75, 3.05) is 5.73 Å². The first-order chi connectivity index (χ1) is 15.7. The Kier molecular flexibility index (Phi) is 4.80. The highest BCUT2D eigenvalue weighted by Crippen LogP contribution is 2.32. The fourth-order valence-corrected chi connectivity index (χ4v) is 4.73. The van der Waals surface area contributed by atoms with Crippen molar-refractivity contribution < 1.29 is 32.9 Å². The second-order valence-corrected chi connectivity index (χ2v) is 8.90. The maximum absolute atomic E-state index is 12.9. The number of nitrogens with two attached hydrogens (primary N) is 1. The Hall–Kier alpha value is -3.63. The lowest BCUT2D eigenvalue weighted by molar-refractivity contribution is -0.0378. The molecule has 172 valence electrons. The van der Waals surface area contributed by atoms with Crippen molar-refractivity contribution in [2.45, 2.75) is 29.6 Å². The first-order valence-corrected chi connectivity index (χ1v) is 10.9. The Bertz CT molecular complexity index is 1550. The second kappa shape index (κ2) is 7.46. The summed E-state index contributed by atoms with van der Waals surface area (Å²) >= 11 is 0. The number of nitrogens with one attached hydrogen (secondary N) is 1. The van der Waals surface area contributed by atoms with Gasteiger partial charge in [0.2, 0.25) is 15.5 Å². The van der Waals surface area contributed by atoms with E-state index in [9.17, 15) is 28.5 Å². The minimum absolute atomic E-state index is 0.0816. The van der Waals surface area contributed by atoms with Gasteiger partial charge in [-0.25, -0.2) is 23.4 Å². The number of para-hydroxylation sites is 1. The number of sulfonamides is 1.